The Bertz CT molecular complexity index is 515. The first-order chi connectivity index (χ1) is 11.6. The van der Waals surface area contributed by atoms with Gasteiger partial charge in [0, 0.05) is 13.1 Å². The number of benzene rings is 1. The molecule has 1 saturated heterocycles. The van der Waals surface area contributed by atoms with Crippen LogP contribution in [-0.2, 0) is 4.74 Å². The molecule has 0 saturated carbocycles. The zero-order valence-corrected chi connectivity index (χ0v) is 15.2. The van der Waals surface area contributed by atoms with Gasteiger partial charge in [-0.25, -0.2) is 4.79 Å². The number of rotatable bonds is 8. The third-order valence-corrected chi connectivity index (χ3v) is 4.51. The average Bonchev–Trinajstić information content (AvgIpc) is 3.08. The molecule has 1 unspecified atom stereocenters. The van der Waals surface area contributed by atoms with E-state index in [1.165, 1.54) is 12.8 Å². The quantitative estimate of drug-likeness (QED) is 0.731. The predicted molar refractivity (Wildman–Crippen MR) is 95.5 cm³/mol. The van der Waals surface area contributed by atoms with E-state index in [-0.39, 0.29) is 12.1 Å². The lowest BCUT2D eigenvalue weighted by Crippen LogP contribution is -2.42. The summed E-state index contributed by atoms with van der Waals surface area (Å²) < 4.78 is 11.3. The Kier molecular flexibility index (Phi) is 7.37. The second-order valence-electron chi connectivity index (χ2n) is 6.37. The Morgan fingerprint density at radius 1 is 1.29 bits per heavy atom. The van der Waals surface area contributed by atoms with E-state index in [0.717, 1.165) is 30.9 Å². The van der Waals surface area contributed by atoms with Crippen LogP contribution in [0.15, 0.2) is 24.3 Å². The third-order valence-electron chi connectivity index (χ3n) is 4.51. The van der Waals surface area contributed by atoms with Crippen LogP contribution in [0.25, 0.3) is 0 Å². The molecule has 134 valence electrons. The minimum Gasteiger partial charge on any atom is -0.491 e. The largest absolute Gasteiger partial charge is 0.491 e. The maximum atomic E-state index is 12.3. The fourth-order valence-electron chi connectivity index (χ4n) is 2.99. The second-order valence-corrected chi connectivity index (χ2v) is 6.37. The van der Waals surface area contributed by atoms with Crippen LogP contribution in [0.3, 0.4) is 0 Å². The first-order valence-electron chi connectivity index (χ1n) is 8.96. The lowest BCUT2D eigenvalue weighted by molar-refractivity contribution is 0.0730. The minimum atomic E-state index is -0.252. The van der Waals surface area contributed by atoms with Gasteiger partial charge in [-0.2, -0.15) is 0 Å². The maximum Gasteiger partial charge on any atom is 0.410 e. The summed E-state index contributed by atoms with van der Waals surface area (Å²) in [5, 5.41) is 0. The molecule has 1 aromatic carbocycles. The van der Waals surface area contributed by atoms with Crippen molar-refractivity contribution in [2.24, 2.45) is 0 Å². The molecule has 0 aliphatic carbocycles. The van der Waals surface area contributed by atoms with Gasteiger partial charge in [-0.1, -0.05) is 18.2 Å². The molecule has 24 heavy (non-hydrogen) atoms. The van der Waals surface area contributed by atoms with Crippen LogP contribution in [-0.4, -0.2) is 61.3 Å². The number of hydrogen-bond acceptors (Lipinski definition) is 4. The number of ether oxygens (including phenoxy) is 2. The van der Waals surface area contributed by atoms with Crippen LogP contribution in [0, 0.1) is 6.92 Å². The molecule has 1 heterocycles. The summed E-state index contributed by atoms with van der Waals surface area (Å²) in [5.74, 6) is 0.864. The van der Waals surface area contributed by atoms with Crippen molar-refractivity contribution in [1.29, 1.82) is 0 Å². The fraction of sp³-hybridized carbons (Fsp3) is 0.632. The molecular weight excluding hydrogens is 304 g/mol. The topological polar surface area (TPSA) is 42.0 Å². The summed E-state index contributed by atoms with van der Waals surface area (Å²) in [4.78, 5) is 16.4. The second kappa shape index (κ2) is 9.52. The molecule has 5 nitrogen and oxygen atoms in total. The highest BCUT2D eigenvalue weighted by molar-refractivity contribution is 5.68. The summed E-state index contributed by atoms with van der Waals surface area (Å²) in [7, 11) is 0. The molecule has 0 aromatic heterocycles. The number of likely N-dealkylation sites (tertiary alicyclic amines) is 1. The van der Waals surface area contributed by atoms with E-state index in [0.29, 0.717) is 19.8 Å². The number of carbonyl (C=O) groups excluding carboxylic acids is 1. The van der Waals surface area contributed by atoms with Gasteiger partial charge in [-0.3, -0.25) is 4.90 Å². The van der Waals surface area contributed by atoms with Crippen molar-refractivity contribution in [3.63, 3.8) is 0 Å². The first kappa shape index (κ1) is 18.6. The predicted octanol–water partition coefficient (Wildman–Crippen LogP) is 3.32. The molecular formula is C19H30N2O3. The highest BCUT2D eigenvalue weighted by Gasteiger charge is 2.21. The molecule has 0 radical (unpaired) electrons. The van der Waals surface area contributed by atoms with Crippen molar-refractivity contribution in [3.8, 4) is 5.75 Å². The van der Waals surface area contributed by atoms with Gasteiger partial charge in [-0.15, -0.1) is 0 Å². The minimum absolute atomic E-state index is 0.0334. The molecule has 1 aliphatic rings. The SMILES string of the molecule is CCN(C(=O)OCCN1CCCC1)C(C)COc1ccccc1C. The monoisotopic (exact) mass is 334 g/mol. The molecule has 0 spiro atoms. The number of nitrogens with zero attached hydrogens (tertiary/aromatic N) is 2. The number of para-hydroxylation sites is 1. The van der Waals surface area contributed by atoms with E-state index in [1.54, 1.807) is 4.90 Å². The van der Waals surface area contributed by atoms with Gasteiger partial charge in [0.1, 0.15) is 19.0 Å². The summed E-state index contributed by atoms with van der Waals surface area (Å²) in [5.41, 5.74) is 1.10. The van der Waals surface area contributed by atoms with Crippen molar-refractivity contribution in [3.05, 3.63) is 29.8 Å². The Morgan fingerprint density at radius 2 is 2.00 bits per heavy atom. The molecule has 1 fully saturated rings. The summed E-state index contributed by atoms with van der Waals surface area (Å²) >= 11 is 0. The number of aryl methyl sites for hydroxylation is 1. The van der Waals surface area contributed by atoms with Crippen LogP contribution in [0.2, 0.25) is 0 Å². The first-order valence-corrected chi connectivity index (χ1v) is 8.96. The maximum absolute atomic E-state index is 12.3. The van der Waals surface area contributed by atoms with E-state index in [1.807, 2.05) is 45.0 Å². The summed E-state index contributed by atoms with van der Waals surface area (Å²) in [6.07, 6.45) is 2.25. The molecule has 5 heteroatoms. The summed E-state index contributed by atoms with van der Waals surface area (Å²) in [6.45, 7) is 10.6. The van der Waals surface area contributed by atoms with Crippen molar-refractivity contribution < 1.29 is 14.3 Å². The normalized spacial score (nSPS) is 16.0. The van der Waals surface area contributed by atoms with E-state index < -0.39 is 0 Å². The van der Waals surface area contributed by atoms with Gasteiger partial charge >= 0.3 is 6.09 Å². The van der Waals surface area contributed by atoms with Crippen molar-refractivity contribution >= 4 is 6.09 Å². The van der Waals surface area contributed by atoms with Crippen LogP contribution in [0.1, 0.15) is 32.3 Å². The van der Waals surface area contributed by atoms with Crippen LogP contribution in [0.4, 0.5) is 4.79 Å². The molecule has 1 atom stereocenters. The van der Waals surface area contributed by atoms with Crippen molar-refractivity contribution in [2.75, 3.05) is 39.4 Å². The Morgan fingerprint density at radius 3 is 2.67 bits per heavy atom. The number of likely N-dealkylation sites (N-methyl/N-ethyl adjacent to an activating group) is 1. The standard InChI is InChI=1S/C19H30N2O3/c1-4-21(19(22)23-14-13-20-11-7-8-12-20)17(3)15-24-18-10-6-5-9-16(18)2/h5-6,9-10,17H,4,7-8,11-15H2,1-3H3. The highest BCUT2D eigenvalue weighted by Crippen LogP contribution is 2.17. The number of carbonyl (C=O) groups is 1. The lowest BCUT2D eigenvalue weighted by Gasteiger charge is -2.27. The highest BCUT2D eigenvalue weighted by atomic mass is 16.6. The van der Waals surface area contributed by atoms with E-state index in [4.69, 9.17) is 9.47 Å². The van der Waals surface area contributed by atoms with E-state index >= 15 is 0 Å². The van der Waals surface area contributed by atoms with Crippen molar-refractivity contribution in [2.45, 2.75) is 39.7 Å². The van der Waals surface area contributed by atoms with Gasteiger partial charge in [0.2, 0.25) is 0 Å². The number of hydrogen-bond donors (Lipinski definition) is 0. The average molecular weight is 334 g/mol. The summed E-state index contributed by atoms with van der Waals surface area (Å²) in [6, 6.07) is 7.88. The Balaban J connectivity index is 1.75. The van der Waals surface area contributed by atoms with Crippen LogP contribution in [0.5, 0.6) is 5.75 Å². The molecule has 0 bridgehead atoms. The van der Waals surface area contributed by atoms with Gasteiger partial charge < -0.3 is 14.4 Å². The molecule has 1 aromatic rings. The lowest BCUT2D eigenvalue weighted by atomic mass is 10.2. The van der Waals surface area contributed by atoms with Crippen LogP contribution < -0.4 is 4.74 Å². The molecule has 0 N–H and O–H groups in total. The molecule has 2 rings (SSSR count). The van der Waals surface area contributed by atoms with Gasteiger partial charge in [-0.05, 0) is 58.3 Å². The third kappa shape index (κ3) is 5.41. The smallest absolute Gasteiger partial charge is 0.410 e. The van der Waals surface area contributed by atoms with Crippen LogP contribution >= 0.6 is 0 Å². The Hall–Kier alpha value is -1.75. The van der Waals surface area contributed by atoms with Gasteiger partial charge in [0.05, 0.1) is 6.04 Å². The van der Waals surface area contributed by atoms with E-state index in [2.05, 4.69) is 4.90 Å². The van der Waals surface area contributed by atoms with Crippen molar-refractivity contribution in [1.82, 2.24) is 9.80 Å². The zero-order valence-electron chi connectivity index (χ0n) is 15.2. The van der Waals surface area contributed by atoms with Gasteiger partial charge in [0.15, 0.2) is 0 Å². The number of amides is 1. The fourth-order valence-corrected chi connectivity index (χ4v) is 2.99. The molecule has 1 aliphatic heterocycles. The Labute approximate surface area is 145 Å². The van der Waals surface area contributed by atoms with Gasteiger partial charge in [0.25, 0.3) is 0 Å². The molecule has 1 amide bonds. The zero-order chi connectivity index (χ0) is 17.4. The van der Waals surface area contributed by atoms with E-state index in [9.17, 15) is 4.79 Å².